The Morgan fingerprint density at radius 3 is 2.77 bits per heavy atom. The van der Waals surface area contributed by atoms with Crippen LogP contribution in [0.3, 0.4) is 0 Å². The minimum atomic E-state index is -0.169. The molecule has 3 rings (SSSR count). The van der Waals surface area contributed by atoms with Crippen LogP contribution in [0.1, 0.15) is 18.2 Å². The highest BCUT2D eigenvalue weighted by molar-refractivity contribution is 7.98. The zero-order valence-electron chi connectivity index (χ0n) is 11.6. The van der Waals surface area contributed by atoms with Crippen molar-refractivity contribution in [3.8, 4) is 0 Å². The largest absolute Gasteiger partial charge is 0.291 e. The monoisotopic (exact) mass is 354 g/mol. The Hall–Kier alpha value is -1.50. The molecule has 0 atom stereocenters. The van der Waals surface area contributed by atoms with Gasteiger partial charge in [0.2, 0.25) is 5.78 Å². The molecule has 2 heterocycles. The van der Waals surface area contributed by atoms with Crippen molar-refractivity contribution in [1.29, 1.82) is 0 Å². The van der Waals surface area contributed by atoms with Crippen LogP contribution in [0.2, 0.25) is 10.0 Å². The maximum atomic E-state index is 11.6. The topological polar surface area (TPSA) is 63.0 Å². The zero-order chi connectivity index (χ0) is 15.7. The summed E-state index contributed by atoms with van der Waals surface area (Å²) in [6, 6.07) is 7.10. The first-order valence-electron chi connectivity index (χ1n) is 6.62. The second-order valence-corrected chi connectivity index (χ2v) is 6.41. The average molecular weight is 355 g/mol. The first-order chi connectivity index (χ1) is 10.6. The fourth-order valence-corrected chi connectivity index (χ4v) is 3.33. The van der Waals surface area contributed by atoms with E-state index in [4.69, 9.17) is 23.2 Å². The Morgan fingerprint density at radius 2 is 2.05 bits per heavy atom. The summed E-state index contributed by atoms with van der Waals surface area (Å²) in [6.07, 6.45) is 0.721. The smallest absolute Gasteiger partial charge is 0.252 e. The first kappa shape index (κ1) is 15.4. The van der Waals surface area contributed by atoms with E-state index in [0.717, 1.165) is 22.8 Å². The molecule has 0 aliphatic carbocycles. The van der Waals surface area contributed by atoms with Gasteiger partial charge in [-0.1, -0.05) is 48.0 Å². The Balaban J connectivity index is 1.91. The molecular weight excluding hydrogens is 343 g/mol. The van der Waals surface area contributed by atoms with Gasteiger partial charge in [-0.3, -0.25) is 14.2 Å². The number of aromatic amines is 1. The number of fused-ring (bicyclic) bond motifs is 1. The molecule has 0 aliphatic rings. The minimum Gasteiger partial charge on any atom is -0.291 e. The number of rotatable bonds is 4. The number of hydrogen-bond donors (Lipinski definition) is 1. The summed E-state index contributed by atoms with van der Waals surface area (Å²) in [5.74, 6) is 1.14. The molecule has 0 aliphatic heterocycles. The van der Waals surface area contributed by atoms with Crippen molar-refractivity contribution in [1.82, 2.24) is 19.6 Å². The summed E-state index contributed by atoms with van der Waals surface area (Å²) in [6.45, 7) is 1.99. The van der Waals surface area contributed by atoms with Crippen LogP contribution in [0, 0.1) is 0 Å². The number of nitrogens with one attached hydrogen (secondary N) is 1. The predicted molar refractivity (Wildman–Crippen MR) is 89.0 cm³/mol. The van der Waals surface area contributed by atoms with Crippen LogP contribution in [-0.4, -0.2) is 19.6 Å². The molecule has 2 aromatic heterocycles. The molecule has 22 heavy (non-hydrogen) atoms. The normalized spacial score (nSPS) is 11.2. The highest BCUT2D eigenvalue weighted by Crippen LogP contribution is 2.27. The van der Waals surface area contributed by atoms with Gasteiger partial charge in [-0.15, -0.1) is 10.2 Å². The molecule has 0 amide bonds. The first-order valence-corrected chi connectivity index (χ1v) is 8.36. The summed E-state index contributed by atoms with van der Waals surface area (Å²) >= 11 is 13.5. The second kappa shape index (κ2) is 6.32. The van der Waals surface area contributed by atoms with E-state index in [0.29, 0.717) is 21.6 Å². The standard InChI is InChI=1S/C14H12Cl2N4OS/c1-2-9-6-12(21)17-13-18-19-14(20(9)13)22-7-8-3-4-10(15)11(16)5-8/h3-6H,2,7H2,1H3,(H,17,18,21). The number of halogens is 2. The number of aryl methyl sites for hydroxylation is 1. The lowest BCUT2D eigenvalue weighted by molar-refractivity contribution is 0.850. The fourth-order valence-electron chi connectivity index (χ4n) is 2.10. The van der Waals surface area contributed by atoms with Gasteiger partial charge < -0.3 is 0 Å². The molecule has 0 saturated heterocycles. The van der Waals surface area contributed by atoms with E-state index >= 15 is 0 Å². The fraction of sp³-hybridized carbons (Fsp3) is 0.214. The van der Waals surface area contributed by atoms with Crippen LogP contribution < -0.4 is 5.56 Å². The van der Waals surface area contributed by atoms with Crippen LogP contribution in [0.5, 0.6) is 0 Å². The molecule has 0 radical (unpaired) electrons. The average Bonchev–Trinajstić information content (AvgIpc) is 2.90. The Bertz CT molecular complexity index is 890. The van der Waals surface area contributed by atoms with Crippen LogP contribution in [-0.2, 0) is 12.2 Å². The molecule has 0 bridgehead atoms. The number of benzene rings is 1. The van der Waals surface area contributed by atoms with Crippen molar-refractivity contribution in [2.45, 2.75) is 24.3 Å². The van der Waals surface area contributed by atoms with Gasteiger partial charge in [-0.05, 0) is 24.1 Å². The van der Waals surface area contributed by atoms with Crippen molar-refractivity contribution in [2.75, 3.05) is 0 Å². The van der Waals surface area contributed by atoms with E-state index in [1.807, 2.05) is 23.5 Å². The van der Waals surface area contributed by atoms with Crippen LogP contribution in [0.4, 0.5) is 0 Å². The Kier molecular flexibility index (Phi) is 4.42. The van der Waals surface area contributed by atoms with Gasteiger partial charge in [0, 0.05) is 17.5 Å². The van der Waals surface area contributed by atoms with E-state index in [1.54, 1.807) is 12.1 Å². The van der Waals surface area contributed by atoms with Crippen molar-refractivity contribution in [3.05, 3.63) is 55.9 Å². The predicted octanol–water partition coefficient (Wildman–Crippen LogP) is 3.58. The van der Waals surface area contributed by atoms with Crippen LogP contribution in [0.15, 0.2) is 34.2 Å². The molecule has 5 nitrogen and oxygen atoms in total. The highest BCUT2D eigenvalue weighted by atomic mass is 35.5. The highest BCUT2D eigenvalue weighted by Gasteiger charge is 2.11. The number of hydrogen-bond acceptors (Lipinski definition) is 4. The molecule has 1 aromatic carbocycles. The molecular formula is C14H12Cl2N4OS. The van der Waals surface area contributed by atoms with Gasteiger partial charge in [0.15, 0.2) is 5.16 Å². The molecule has 0 fully saturated rings. The number of nitrogens with zero attached hydrogens (tertiary/aromatic N) is 3. The van der Waals surface area contributed by atoms with Crippen LogP contribution in [0.25, 0.3) is 5.78 Å². The maximum absolute atomic E-state index is 11.6. The number of aromatic nitrogens is 4. The van der Waals surface area contributed by atoms with E-state index in [2.05, 4.69) is 15.2 Å². The molecule has 3 aromatic rings. The molecule has 8 heteroatoms. The second-order valence-electron chi connectivity index (χ2n) is 4.66. The summed E-state index contributed by atoms with van der Waals surface area (Å²) < 4.78 is 1.86. The van der Waals surface area contributed by atoms with Crippen molar-refractivity contribution in [2.24, 2.45) is 0 Å². The van der Waals surface area contributed by atoms with E-state index < -0.39 is 0 Å². The third kappa shape index (κ3) is 2.99. The lowest BCUT2D eigenvalue weighted by atomic mass is 10.2. The zero-order valence-corrected chi connectivity index (χ0v) is 14.0. The molecule has 114 valence electrons. The van der Waals surface area contributed by atoms with E-state index in [-0.39, 0.29) is 5.56 Å². The minimum absolute atomic E-state index is 0.169. The van der Waals surface area contributed by atoms with Crippen molar-refractivity contribution < 1.29 is 0 Å². The van der Waals surface area contributed by atoms with Crippen molar-refractivity contribution in [3.63, 3.8) is 0 Å². The lowest BCUT2D eigenvalue weighted by Gasteiger charge is -2.05. The number of H-pyrrole nitrogens is 1. The van der Waals surface area contributed by atoms with E-state index in [1.165, 1.54) is 11.8 Å². The quantitative estimate of drug-likeness (QED) is 0.727. The van der Waals surface area contributed by atoms with Gasteiger partial charge in [-0.25, -0.2) is 0 Å². The van der Waals surface area contributed by atoms with Crippen molar-refractivity contribution >= 4 is 40.7 Å². The van der Waals surface area contributed by atoms with E-state index in [9.17, 15) is 4.79 Å². The number of thioether (sulfide) groups is 1. The Labute approximate surface area is 140 Å². The van der Waals surface area contributed by atoms with Crippen LogP contribution >= 0.6 is 35.0 Å². The molecule has 0 spiro atoms. The lowest BCUT2D eigenvalue weighted by Crippen LogP contribution is -2.11. The summed E-state index contributed by atoms with van der Waals surface area (Å²) in [5, 5.41) is 9.97. The third-order valence-electron chi connectivity index (χ3n) is 3.17. The SMILES string of the molecule is CCc1cc(=O)[nH]c2nnc(SCc3ccc(Cl)c(Cl)c3)n12. The summed E-state index contributed by atoms with van der Waals surface area (Å²) in [5.41, 5.74) is 1.75. The van der Waals surface area contributed by atoms with Gasteiger partial charge in [-0.2, -0.15) is 0 Å². The van der Waals surface area contributed by atoms with Gasteiger partial charge in [0.05, 0.1) is 10.0 Å². The summed E-state index contributed by atoms with van der Waals surface area (Å²) in [7, 11) is 0. The van der Waals surface area contributed by atoms with Gasteiger partial charge in [0.25, 0.3) is 5.56 Å². The molecule has 1 N–H and O–H groups in total. The maximum Gasteiger partial charge on any atom is 0.252 e. The molecule has 0 saturated carbocycles. The third-order valence-corrected chi connectivity index (χ3v) is 4.91. The van der Waals surface area contributed by atoms with Gasteiger partial charge >= 0.3 is 0 Å². The Morgan fingerprint density at radius 1 is 1.23 bits per heavy atom. The molecule has 0 unspecified atom stereocenters. The van der Waals surface area contributed by atoms with Gasteiger partial charge in [0.1, 0.15) is 0 Å². The summed E-state index contributed by atoms with van der Waals surface area (Å²) in [4.78, 5) is 14.2.